The molecule has 0 rings (SSSR count). The highest BCUT2D eigenvalue weighted by Gasteiger charge is 1.89. The fraction of sp³-hybridized carbons (Fsp3) is 0.857. The molecule has 1 N–H and O–H groups in total. The monoisotopic (exact) mass is 163 g/mol. The molecule has 1 atom stereocenters. The van der Waals surface area contributed by atoms with Gasteiger partial charge in [-0.2, -0.15) is 0 Å². The molecule has 4 nitrogen and oxygen atoms in total. The van der Waals surface area contributed by atoms with Crippen molar-refractivity contribution < 1.29 is 19.7 Å². The lowest BCUT2D eigenvalue weighted by atomic mass is 10.4. The smallest absolute Gasteiger partial charge is 0.0905 e. The summed E-state index contributed by atoms with van der Waals surface area (Å²) in [5, 5.41) is 17.3. The molecular weight excluding hydrogens is 148 g/mol. The summed E-state index contributed by atoms with van der Waals surface area (Å²) >= 11 is 0. The van der Waals surface area contributed by atoms with Crippen LogP contribution in [0.3, 0.4) is 0 Å². The van der Waals surface area contributed by atoms with Crippen LogP contribution in [0, 0.1) is 0 Å². The second-order valence-corrected chi connectivity index (χ2v) is 1.78. The minimum atomic E-state index is -1.44. The first kappa shape index (κ1) is 13.0. The Morgan fingerprint density at radius 1 is 1.55 bits per heavy atom. The van der Waals surface area contributed by atoms with Crippen molar-refractivity contribution >= 4 is 5.97 Å². The SMILES string of the molecule is CC(O)C(=O)[O-].CCOCC. The van der Waals surface area contributed by atoms with E-state index in [0.717, 1.165) is 20.1 Å². The standard InChI is InChI=1S/C4H10O.C3H6O3/c1-3-5-4-2;1-2(4)3(5)6/h3-4H2,1-2H3;2,4H,1H3,(H,5,6)/p-1. The van der Waals surface area contributed by atoms with Gasteiger partial charge in [-0.1, -0.05) is 0 Å². The van der Waals surface area contributed by atoms with E-state index in [-0.39, 0.29) is 0 Å². The van der Waals surface area contributed by atoms with Gasteiger partial charge in [0.15, 0.2) is 0 Å². The van der Waals surface area contributed by atoms with Crippen molar-refractivity contribution in [3.8, 4) is 0 Å². The minimum Gasteiger partial charge on any atom is -0.547 e. The van der Waals surface area contributed by atoms with Crippen LogP contribution in [0.15, 0.2) is 0 Å². The molecule has 0 heterocycles. The van der Waals surface area contributed by atoms with E-state index >= 15 is 0 Å². The predicted molar refractivity (Wildman–Crippen MR) is 38.9 cm³/mol. The third-order valence-corrected chi connectivity index (χ3v) is 0.749. The van der Waals surface area contributed by atoms with Gasteiger partial charge in [-0.25, -0.2) is 0 Å². The number of hydrogen-bond donors (Lipinski definition) is 1. The Labute approximate surface area is 66.8 Å². The van der Waals surface area contributed by atoms with Crippen LogP contribution in [0.5, 0.6) is 0 Å². The molecule has 11 heavy (non-hydrogen) atoms. The molecule has 0 spiro atoms. The van der Waals surface area contributed by atoms with Crippen LogP contribution in [0.25, 0.3) is 0 Å². The molecule has 0 saturated carbocycles. The zero-order valence-corrected chi connectivity index (χ0v) is 7.16. The Hall–Kier alpha value is -0.610. The molecule has 0 radical (unpaired) electrons. The second-order valence-electron chi connectivity index (χ2n) is 1.78. The van der Waals surface area contributed by atoms with Crippen LogP contribution in [0.2, 0.25) is 0 Å². The molecule has 4 heteroatoms. The van der Waals surface area contributed by atoms with E-state index in [0.29, 0.717) is 0 Å². The Morgan fingerprint density at radius 2 is 1.82 bits per heavy atom. The predicted octanol–water partition coefficient (Wildman–Crippen LogP) is -0.840. The topological polar surface area (TPSA) is 69.6 Å². The molecule has 68 valence electrons. The van der Waals surface area contributed by atoms with Crippen LogP contribution in [-0.4, -0.2) is 30.4 Å². The van der Waals surface area contributed by atoms with Crippen molar-refractivity contribution in [1.29, 1.82) is 0 Å². The largest absolute Gasteiger partial charge is 0.547 e. The Bertz CT molecular complexity index is 88.4. The zero-order chi connectivity index (χ0) is 9.28. The van der Waals surface area contributed by atoms with Gasteiger partial charge in [-0.3, -0.25) is 0 Å². The molecule has 0 saturated heterocycles. The van der Waals surface area contributed by atoms with E-state index < -0.39 is 12.1 Å². The Morgan fingerprint density at radius 3 is 1.82 bits per heavy atom. The van der Waals surface area contributed by atoms with Gasteiger partial charge in [-0.05, 0) is 20.8 Å². The number of aliphatic hydroxyl groups excluding tert-OH is 1. The average Bonchev–Trinajstić information content (AvgIpc) is 1.90. The van der Waals surface area contributed by atoms with Crippen molar-refractivity contribution in [1.82, 2.24) is 0 Å². The highest BCUT2D eigenvalue weighted by atomic mass is 16.5. The summed E-state index contributed by atoms with van der Waals surface area (Å²) in [5.74, 6) is -1.44. The molecule has 0 aliphatic carbocycles. The Balaban J connectivity index is 0. The van der Waals surface area contributed by atoms with E-state index in [1.54, 1.807) is 0 Å². The average molecular weight is 163 g/mol. The number of carboxylic acids is 1. The van der Waals surface area contributed by atoms with Gasteiger partial charge in [0.2, 0.25) is 0 Å². The van der Waals surface area contributed by atoms with Gasteiger partial charge >= 0.3 is 0 Å². The van der Waals surface area contributed by atoms with Gasteiger partial charge in [0.25, 0.3) is 0 Å². The fourth-order valence-corrected chi connectivity index (χ4v) is 0.204. The lowest BCUT2D eigenvalue weighted by Crippen LogP contribution is -2.32. The van der Waals surface area contributed by atoms with Gasteiger partial charge < -0.3 is 19.7 Å². The number of carbonyl (C=O) groups is 1. The molecular formula is C7H15O4-. The van der Waals surface area contributed by atoms with Gasteiger partial charge in [-0.15, -0.1) is 0 Å². The number of ether oxygens (including phenoxy) is 1. The fourth-order valence-electron chi connectivity index (χ4n) is 0.204. The first-order chi connectivity index (χ1) is 5.06. The van der Waals surface area contributed by atoms with Crippen molar-refractivity contribution in [2.75, 3.05) is 13.2 Å². The van der Waals surface area contributed by atoms with Crippen LogP contribution in [0.4, 0.5) is 0 Å². The molecule has 1 unspecified atom stereocenters. The van der Waals surface area contributed by atoms with Crippen molar-refractivity contribution in [3.63, 3.8) is 0 Å². The van der Waals surface area contributed by atoms with Crippen LogP contribution in [0.1, 0.15) is 20.8 Å². The molecule has 0 amide bonds. The lowest BCUT2D eigenvalue weighted by molar-refractivity contribution is -0.314. The summed E-state index contributed by atoms with van der Waals surface area (Å²) in [7, 11) is 0. The van der Waals surface area contributed by atoms with Crippen molar-refractivity contribution in [3.05, 3.63) is 0 Å². The highest BCUT2D eigenvalue weighted by Crippen LogP contribution is 1.69. The summed E-state index contributed by atoms with van der Waals surface area (Å²) in [6.45, 7) is 6.80. The Kier molecular flexibility index (Phi) is 11.1. The zero-order valence-electron chi connectivity index (χ0n) is 7.16. The van der Waals surface area contributed by atoms with E-state index in [2.05, 4.69) is 0 Å². The summed E-state index contributed by atoms with van der Waals surface area (Å²) in [4.78, 5) is 9.34. The van der Waals surface area contributed by atoms with E-state index in [1.807, 2.05) is 13.8 Å². The molecule has 0 aromatic heterocycles. The van der Waals surface area contributed by atoms with Gasteiger partial charge in [0.1, 0.15) is 0 Å². The van der Waals surface area contributed by atoms with Gasteiger partial charge in [0.05, 0.1) is 12.1 Å². The summed E-state index contributed by atoms with van der Waals surface area (Å²) in [6, 6.07) is 0. The summed E-state index contributed by atoms with van der Waals surface area (Å²) < 4.78 is 4.83. The number of rotatable bonds is 3. The molecule has 0 aromatic carbocycles. The summed E-state index contributed by atoms with van der Waals surface area (Å²) in [5.41, 5.74) is 0. The number of aliphatic hydroxyl groups is 1. The normalized spacial score (nSPS) is 11.3. The first-order valence-electron chi connectivity index (χ1n) is 3.52. The van der Waals surface area contributed by atoms with E-state index in [4.69, 9.17) is 9.84 Å². The van der Waals surface area contributed by atoms with Crippen molar-refractivity contribution in [2.24, 2.45) is 0 Å². The summed E-state index contributed by atoms with van der Waals surface area (Å²) in [6.07, 6.45) is -1.34. The van der Waals surface area contributed by atoms with Crippen molar-refractivity contribution in [2.45, 2.75) is 26.9 Å². The van der Waals surface area contributed by atoms with E-state index in [9.17, 15) is 9.90 Å². The maximum Gasteiger partial charge on any atom is 0.0905 e. The quantitative estimate of drug-likeness (QED) is 0.589. The lowest BCUT2D eigenvalue weighted by Gasteiger charge is -2.00. The molecule has 0 aliphatic rings. The van der Waals surface area contributed by atoms with Crippen LogP contribution >= 0.6 is 0 Å². The highest BCUT2D eigenvalue weighted by molar-refractivity contribution is 5.68. The first-order valence-corrected chi connectivity index (χ1v) is 3.52. The minimum absolute atomic E-state index is 0.844. The number of carbonyl (C=O) groups excluding carboxylic acids is 1. The molecule has 0 fully saturated rings. The van der Waals surface area contributed by atoms with Gasteiger partial charge in [0, 0.05) is 13.2 Å². The second kappa shape index (κ2) is 9.39. The number of carboxylic acid groups (broad SMARTS) is 1. The van der Waals surface area contributed by atoms with Crippen LogP contribution in [-0.2, 0) is 9.53 Å². The number of hydrogen-bond acceptors (Lipinski definition) is 4. The third-order valence-electron chi connectivity index (χ3n) is 0.749. The third kappa shape index (κ3) is 17.7. The molecule has 0 bridgehead atoms. The maximum absolute atomic E-state index is 9.34. The van der Waals surface area contributed by atoms with Crippen LogP contribution < -0.4 is 5.11 Å². The van der Waals surface area contributed by atoms with E-state index in [1.165, 1.54) is 0 Å². The molecule has 0 aliphatic heterocycles. The molecule has 0 aromatic rings. The number of aliphatic carboxylic acids is 1. The maximum atomic E-state index is 9.34.